The van der Waals surface area contributed by atoms with Gasteiger partial charge in [-0.25, -0.2) is 14.6 Å². The fourth-order valence-corrected chi connectivity index (χ4v) is 3.11. The number of aromatic carboxylic acids is 1. The van der Waals surface area contributed by atoms with Gasteiger partial charge in [0.2, 0.25) is 5.01 Å². The average Bonchev–Trinajstić information content (AvgIpc) is 2.71. The summed E-state index contributed by atoms with van der Waals surface area (Å²) in [5.41, 5.74) is 0.233. The topological polar surface area (TPSA) is 79.7 Å². The Hall–Kier alpha value is -1.03. The molecule has 6 nitrogen and oxygen atoms in total. The molecule has 1 aliphatic heterocycles. The zero-order chi connectivity index (χ0) is 15.1. The molecule has 1 unspecified atom stereocenters. The second-order valence-electron chi connectivity index (χ2n) is 5.73. The number of hydrogen-bond donors (Lipinski definition) is 1. The first-order chi connectivity index (χ1) is 9.19. The average molecular weight is 306 g/mol. The number of thiazole rings is 1. The van der Waals surface area contributed by atoms with Crippen molar-refractivity contribution in [3.63, 3.8) is 0 Å². The molecule has 1 aliphatic rings. The zero-order valence-electron chi connectivity index (χ0n) is 12.0. The van der Waals surface area contributed by atoms with Gasteiger partial charge in [0.1, 0.15) is 5.60 Å². The van der Waals surface area contributed by atoms with E-state index >= 15 is 0 Å². The fraction of sp³-hybridized carbons (Fsp3) is 0.615. The van der Waals surface area contributed by atoms with Gasteiger partial charge >= 0.3 is 30.9 Å². The number of rotatable bonds is 1. The molecule has 0 radical (unpaired) electrons. The van der Waals surface area contributed by atoms with Gasteiger partial charge in [-0.2, -0.15) is 0 Å². The van der Waals surface area contributed by atoms with Crippen LogP contribution in [0.5, 0.6) is 0 Å². The van der Waals surface area contributed by atoms with Crippen molar-refractivity contribution >= 4 is 42.3 Å². The van der Waals surface area contributed by atoms with Crippen LogP contribution in [-0.4, -0.2) is 58.1 Å². The van der Waals surface area contributed by atoms with Gasteiger partial charge in [0, 0.05) is 13.0 Å². The van der Waals surface area contributed by atoms with Crippen LogP contribution in [-0.2, 0) is 11.2 Å². The van der Waals surface area contributed by atoms with Gasteiger partial charge < -0.3 is 14.7 Å². The molecular weight excluding hydrogens is 287 g/mol. The van der Waals surface area contributed by atoms with Crippen LogP contribution in [0.25, 0.3) is 0 Å². The molecule has 1 aromatic rings. The SMILES string of the molecule is CC1c2sc(C(=O)O)nc2CCN1C(=O)OC(C)(C)C.[LiH]. The summed E-state index contributed by atoms with van der Waals surface area (Å²) in [5.74, 6) is -1.03. The molecule has 1 aromatic heterocycles. The molecule has 0 aromatic carbocycles. The Bertz CT molecular complexity index is 553. The van der Waals surface area contributed by atoms with Crippen molar-refractivity contribution in [3.05, 3.63) is 15.6 Å². The summed E-state index contributed by atoms with van der Waals surface area (Å²) in [6.45, 7) is 7.82. The van der Waals surface area contributed by atoms with Crippen LogP contribution in [0.15, 0.2) is 0 Å². The van der Waals surface area contributed by atoms with E-state index in [-0.39, 0.29) is 36.0 Å². The zero-order valence-corrected chi connectivity index (χ0v) is 12.8. The first-order valence-corrected chi connectivity index (χ1v) is 7.23. The van der Waals surface area contributed by atoms with Crippen LogP contribution in [0.1, 0.15) is 54.1 Å². The van der Waals surface area contributed by atoms with E-state index < -0.39 is 11.6 Å². The van der Waals surface area contributed by atoms with Crippen molar-refractivity contribution in [1.82, 2.24) is 9.88 Å². The van der Waals surface area contributed by atoms with Gasteiger partial charge in [0.15, 0.2) is 0 Å². The predicted molar refractivity (Wildman–Crippen MR) is 81.3 cm³/mol. The molecule has 1 atom stereocenters. The van der Waals surface area contributed by atoms with Gasteiger partial charge in [-0.3, -0.25) is 0 Å². The fourth-order valence-electron chi connectivity index (χ4n) is 2.09. The summed E-state index contributed by atoms with van der Waals surface area (Å²) < 4.78 is 5.37. The third-order valence-corrected chi connectivity index (χ3v) is 4.23. The second-order valence-corrected chi connectivity index (χ2v) is 6.77. The Labute approximate surface area is 139 Å². The van der Waals surface area contributed by atoms with Crippen molar-refractivity contribution in [2.75, 3.05) is 6.54 Å². The summed E-state index contributed by atoms with van der Waals surface area (Å²) in [6.07, 6.45) is 0.184. The number of nitrogens with zero attached hydrogens (tertiary/aromatic N) is 2. The van der Waals surface area contributed by atoms with E-state index in [1.165, 1.54) is 0 Å². The van der Waals surface area contributed by atoms with Crippen LogP contribution in [0.4, 0.5) is 4.79 Å². The number of amides is 1. The normalized spacial score (nSPS) is 17.7. The minimum absolute atomic E-state index is 0. The minimum atomic E-state index is -1.03. The van der Waals surface area contributed by atoms with E-state index in [2.05, 4.69) is 4.98 Å². The van der Waals surface area contributed by atoms with Crippen molar-refractivity contribution in [2.45, 2.75) is 45.8 Å². The van der Waals surface area contributed by atoms with Gasteiger partial charge in [0.05, 0.1) is 16.6 Å². The Kier molecular flexibility index (Phi) is 5.48. The molecular formula is C13H19LiN2O4S. The molecule has 0 fully saturated rings. The molecule has 0 bridgehead atoms. The molecule has 2 rings (SSSR count). The van der Waals surface area contributed by atoms with Gasteiger partial charge in [-0.05, 0) is 27.7 Å². The first kappa shape index (κ1) is 18.0. The van der Waals surface area contributed by atoms with Crippen LogP contribution in [0, 0.1) is 0 Å². The molecule has 2 heterocycles. The van der Waals surface area contributed by atoms with Crippen molar-refractivity contribution in [3.8, 4) is 0 Å². The van der Waals surface area contributed by atoms with E-state index in [1.54, 1.807) is 4.90 Å². The van der Waals surface area contributed by atoms with Gasteiger partial charge in [-0.1, -0.05) is 0 Å². The Morgan fingerprint density at radius 3 is 2.57 bits per heavy atom. The third-order valence-electron chi connectivity index (χ3n) is 2.97. The number of aromatic nitrogens is 1. The maximum absolute atomic E-state index is 12.1. The number of ether oxygens (including phenoxy) is 1. The van der Waals surface area contributed by atoms with E-state index in [9.17, 15) is 9.59 Å². The number of hydrogen-bond acceptors (Lipinski definition) is 5. The molecule has 0 aliphatic carbocycles. The Morgan fingerprint density at radius 2 is 2.05 bits per heavy atom. The molecule has 8 heteroatoms. The summed E-state index contributed by atoms with van der Waals surface area (Å²) in [6, 6.07) is -0.209. The molecule has 0 spiro atoms. The molecule has 1 N–H and O–H groups in total. The first-order valence-electron chi connectivity index (χ1n) is 6.41. The number of fused-ring (bicyclic) bond motifs is 1. The van der Waals surface area contributed by atoms with E-state index in [1.807, 2.05) is 27.7 Å². The van der Waals surface area contributed by atoms with Crippen LogP contribution in [0.2, 0.25) is 0 Å². The summed E-state index contributed by atoms with van der Waals surface area (Å²) in [5, 5.41) is 9.07. The maximum atomic E-state index is 12.1. The molecule has 0 saturated heterocycles. The van der Waals surface area contributed by atoms with Gasteiger partial charge in [-0.15, -0.1) is 11.3 Å². The van der Waals surface area contributed by atoms with E-state index in [0.29, 0.717) is 13.0 Å². The summed E-state index contributed by atoms with van der Waals surface area (Å²) in [7, 11) is 0. The van der Waals surface area contributed by atoms with Crippen LogP contribution in [0.3, 0.4) is 0 Å². The van der Waals surface area contributed by atoms with Crippen molar-refractivity contribution in [2.24, 2.45) is 0 Å². The standard InChI is InChI=1S/C13H18N2O4S.Li.H/c1-7-9-8(14-10(20-9)11(16)17)5-6-15(7)12(18)19-13(2,3)4;;/h7H,5-6H2,1-4H3,(H,16,17);;. The van der Waals surface area contributed by atoms with Crippen LogP contribution >= 0.6 is 11.3 Å². The van der Waals surface area contributed by atoms with Crippen molar-refractivity contribution in [1.29, 1.82) is 0 Å². The van der Waals surface area contributed by atoms with Crippen LogP contribution < -0.4 is 0 Å². The number of carbonyl (C=O) groups excluding carboxylic acids is 1. The third kappa shape index (κ3) is 4.00. The molecule has 0 saturated carbocycles. The molecule has 21 heavy (non-hydrogen) atoms. The summed E-state index contributed by atoms with van der Waals surface area (Å²) in [4.78, 5) is 29.7. The Morgan fingerprint density at radius 1 is 1.43 bits per heavy atom. The Balaban J connectivity index is 0.00000220. The van der Waals surface area contributed by atoms with E-state index in [0.717, 1.165) is 21.9 Å². The second kappa shape index (κ2) is 6.39. The molecule has 1 amide bonds. The van der Waals surface area contributed by atoms with E-state index in [4.69, 9.17) is 9.84 Å². The monoisotopic (exact) mass is 306 g/mol. The number of carboxylic acids is 1. The number of carbonyl (C=O) groups is 2. The van der Waals surface area contributed by atoms with Gasteiger partial charge in [0.25, 0.3) is 0 Å². The number of carboxylic acid groups (broad SMARTS) is 1. The molecule has 112 valence electrons. The summed E-state index contributed by atoms with van der Waals surface area (Å²) >= 11 is 1.13. The van der Waals surface area contributed by atoms with Crippen molar-refractivity contribution < 1.29 is 19.4 Å². The quantitative estimate of drug-likeness (QED) is 0.803. The predicted octanol–water partition coefficient (Wildman–Crippen LogP) is 2.05.